The Bertz CT molecular complexity index is 1190. The van der Waals surface area contributed by atoms with Crippen LogP contribution in [0.15, 0.2) is 60.7 Å². The van der Waals surface area contributed by atoms with Crippen LogP contribution in [0.1, 0.15) is 60.6 Å². The molecule has 33 heavy (non-hydrogen) atoms. The van der Waals surface area contributed by atoms with Gasteiger partial charge in [0.05, 0.1) is 11.3 Å². The van der Waals surface area contributed by atoms with Crippen LogP contribution in [0.4, 0.5) is 0 Å². The number of nitriles is 1. The summed E-state index contributed by atoms with van der Waals surface area (Å²) in [7, 11) is 1.78. The van der Waals surface area contributed by atoms with Crippen LogP contribution in [0.5, 0.6) is 0 Å². The molecule has 0 aliphatic heterocycles. The molecule has 6 nitrogen and oxygen atoms in total. The van der Waals surface area contributed by atoms with Gasteiger partial charge in [-0.15, -0.1) is 0 Å². The van der Waals surface area contributed by atoms with Crippen molar-refractivity contribution in [3.8, 4) is 6.07 Å². The van der Waals surface area contributed by atoms with Crippen LogP contribution in [0.25, 0.3) is 11.3 Å². The van der Waals surface area contributed by atoms with Crippen LogP contribution in [0.3, 0.4) is 0 Å². The number of carbonyl (C=O) groups is 1. The molecule has 1 unspecified atom stereocenters. The number of benzene rings is 2. The summed E-state index contributed by atoms with van der Waals surface area (Å²) < 4.78 is 13.2. The number of carbonyl (C=O) groups excluding carboxylic acids is 1. The molecule has 0 aliphatic carbocycles. The van der Waals surface area contributed by atoms with Crippen molar-refractivity contribution in [3.05, 3.63) is 88.7 Å². The second-order valence-corrected chi connectivity index (χ2v) is 8.89. The van der Waals surface area contributed by atoms with E-state index in [9.17, 15) is 10.1 Å². The Hall–Kier alpha value is -3.85. The first-order chi connectivity index (χ1) is 15.6. The summed E-state index contributed by atoms with van der Waals surface area (Å²) >= 11 is 0. The first kappa shape index (κ1) is 23.8. The molecule has 0 spiro atoms. The number of hydrogen-bond donors (Lipinski definition) is 0. The highest BCUT2D eigenvalue weighted by molar-refractivity contribution is 5.94. The Labute approximate surface area is 195 Å². The molecule has 0 N–H and O–H groups in total. The van der Waals surface area contributed by atoms with Crippen LogP contribution >= 0.6 is 0 Å². The Morgan fingerprint density at radius 1 is 1.03 bits per heavy atom. The van der Waals surface area contributed by atoms with Gasteiger partial charge in [-0.2, -0.15) is 10.4 Å². The summed E-state index contributed by atoms with van der Waals surface area (Å²) in [5.74, 6) is -0.200. The summed E-state index contributed by atoms with van der Waals surface area (Å²) in [5, 5.41) is 14.5. The zero-order chi connectivity index (χ0) is 24.2. The van der Waals surface area contributed by atoms with E-state index in [1.54, 1.807) is 42.9 Å². The van der Waals surface area contributed by atoms with Gasteiger partial charge in [0.15, 0.2) is 5.76 Å². The molecule has 0 saturated heterocycles. The minimum atomic E-state index is -0.930. The van der Waals surface area contributed by atoms with E-state index in [0.29, 0.717) is 28.2 Å². The maximum Gasteiger partial charge on any atom is 0.341 e. The van der Waals surface area contributed by atoms with Crippen LogP contribution < -0.4 is 0 Å². The van der Waals surface area contributed by atoms with Gasteiger partial charge in [0.25, 0.3) is 0 Å². The second-order valence-electron chi connectivity index (χ2n) is 8.89. The van der Waals surface area contributed by atoms with Crippen molar-refractivity contribution >= 4 is 17.3 Å². The molecule has 170 valence electrons. The van der Waals surface area contributed by atoms with E-state index in [-0.39, 0.29) is 5.41 Å². The maximum absolute atomic E-state index is 12.5. The van der Waals surface area contributed by atoms with Crippen LogP contribution in [-0.4, -0.2) is 22.0 Å². The number of rotatable bonds is 6. The van der Waals surface area contributed by atoms with Crippen LogP contribution in [-0.2, 0) is 21.9 Å². The van der Waals surface area contributed by atoms with Gasteiger partial charge in [-0.05, 0) is 41.7 Å². The molecule has 0 aliphatic rings. The lowest BCUT2D eigenvalue weighted by Gasteiger charge is -2.21. The standard InChI is InChI=1S/C27H29N3O3/c1-18-16-24(30(6)29-18)25(32-19(2)33-26(31)21-10-8-7-9-11-21)23(17-28)20-12-14-22(15-13-20)27(3,4)5/h7-16,19H,1-6H3/b25-23-. The first-order valence-corrected chi connectivity index (χ1v) is 10.8. The normalized spacial score (nSPS) is 13.0. The van der Waals surface area contributed by atoms with Gasteiger partial charge in [-0.3, -0.25) is 4.68 Å². The molecule has 1 aromatic heterocycles. The number of nitrogens with zero attached hydrogens (tertiary/aromatic N) is 3. The van der Waals surface area contributed by atoms with Gasteiger partial charge in [-0.25, -0.2) is 4.79 Å². The zero-order valence-electron chi connectivity index (χ0n) is 19.9. The molecular weight excluding hydrogens is 414 g/mol. The average molecular weight is 444 g/mol. The fourth-order valence-corrected chi connectivity index (χ4v) is 3.44. The van der Waals surface area contributed by atoms with Gasteiger partial charge in [0.2, 0.25) is 6.29 Å². The molecule has 2 aromatic carbocycles. The fraction of sp³-hybridized carbons (Fsp3) is 0.296. The van der Waals surface area contributed by atoms with Crippen molar-refractivity contribution in [2.24, 2.45) is 7.05 Å². The maximum atomic E-state index is 12.5. The third kappa shape index (κ3) is 5.69. The van der Waals surface area contributed by atoms with Gasteiger partial charge < -0.3 is 9.47 Å². The number of allylic oxidation sites excluding steroid dienone is 1. The topological polar surface area (TPSA) is 77.1 Å². The number of aromatic nitrogens is 2. The highest BCUT2D eigenvalue weighted by atomic mass is 16.7. The lowest BCUT2D eigenvalue weighted by atomic mass is 9.86. The lowest BCUT2D eigenvalue weighted by Crippen LogP contribution is -2.19. The third-order valence-electron chi connectivity index (χ3n) is 5.18. The first-order valence-electron chi connectivity index (χ1n) is 10.8. The molecule has 0 fully saturated rings. The number of aryl methyl sites for hydroxylation is 2. The zero-order valence-corrected chi connectivity index (χ0v) is 19.9. The van der Waals surface area contributed by atoms with Gasteiger partial charge in [0, 0.05) is 14.0 Å². The van der Waals surface area contributed by atoms with Crippen molar-refractivity contribution in [3.63, 3.8) is 0 Å². The number of esters is 1. The monoisotopic (exact) mass is 443 g/mol. The molecule has 0 radical (unpaired) electrons. The SMILES string of the molecule is Cc1cc(/C(OC(C)OC(=O)c2ccccc2)=C(\C#N)c2ccc(C(C)(C)C)cc2)n(C)n1. The lowest BCUT2D eigenvalue weighted by molar-refractivity contribution is -0.0514. The summed E-state index contributed by atoms with van der Waals surface area (Å²) in [6.45, 7) is 9.90. The van der Waals surface area contributed by atoms with Crippen molar-refractivity contribution in [1.82, 2.24) is 9.78 Å². The molecule has 0 amide bonds. The Morgan fingerprint density at radius 2 is 1.67 bits per heavy atom. The third-order valence-corrected chi connectivity index (χ3v) is 5.18. The second kappa shape index (κ2) is 9.74. The molecular formula is C27H29N3O3. The molecule has 1 heterocycles. The van der Waals surface area contributed by atoms with Crippen molar-refractivity contribution in [1.29, 1.82) is 5.26 Å². The van der Waals surface area contributed by atoms with E-state index in [4.69, 9.17) is 9.47 Å². The van der Waals surface area contributed by atoms with E-state index in [1.165, 1.54) is 0 Å². The minimum Gasteiger partial charge on any atom is -0.451 e. The Kier molecular flexibility index (Phi) is 7.03. The number of hydrogen-bond acceptors (Lipinski definition) is 5. The largest absolute Gasteiger partial charge is 0.451 e. The Morgan fingerprint density at radius 3 is 2.18 bits per heavy atom. The van der Waals surface area contributed by atoms with Gasteiger partial charge >= 0.3 is 5.97 Å². The summed E-state index contributed by atoms with van der Waals surface area (Å²) in [6.07, 6.45) is -0.930. The highest BCUT2D eigenvalue weighted by Crippen LogP contribution is 2.31. The summed E-state index contributed by atoms with van der Waals surface area (Å²) in [5.41, 5.74) is 4.02. The fourth-order valence-electron chi connectivity index (χ4n) is 3.44. The van der Waals surface area contributed by atoms with E-state index in [1.807, 2.05) is 43.3 Å². The Balaban J connectivity index is 2.00. The van der Waals surface area contributed by atoms with E-state index in [2.05, 4.69) is 31.9 Å². The predicted octanol–water partition coefficient (Wildman–Crippen LogP) is 5.64. The van der Waals surface area contributed by atoms with Crippen molar-refractivity contribution in [2.45, 2.75) is 46.3 Å². The van der Waals surface area contributed by atoms with E-state index in [0.717, 1.165) is 11.3 Å². The van der Waals surface area contributed by atoms with Crippen molar-refractivity contribution < 1.29 is 14.3 Å². The molecule has 3 rings (SSSR count). The summed E-state index contributed by atoms with van der Waals surface area (Å²) in [4.78, 5) is 12.5. The molecule has 0 bridgehead atoms. The minimum absolute atomic E-state index is 0.00627. The highest BCUT2D eigenvalue weighted by Gasteiger charge is 2.22. The van der Waals surface area contributed by atoms with Crippen molar-refractivity contribution in [2.75, 3.05) is 0 Å². The van der Waals surface area contributed by atoms with Gasteiger partial charge in [0.1, 0.15) is 17.3 Å². The molecule has 0 saturated carbocycles. The average Bonchev–Trinajstić information content (AvgIpc) is 3.11. The smallest absolute Gasteiger partial charge is 0.341 e. The quantitative estimate of drug-likeness (QED) is 0.213. The van der Waals surface area contributed by atoms with E-state index >= 15 is 0 Å². The van der Waals surface area contributed by atoms with Gasteiger partial charge in [-0.1, -0.05) is 63.2 Å². The summed E-state index contributed by atoms with van der Waals surface area (Å²) in [6, 6.07) is 20.7. The van der Waals surface area contributed by atoms with E-state index < -0.39 is 12.3 Å². The predicted molar refractivity (Wildman–Crippen MR) is 128 cm³/mol. The molecule has 1 atom stereocenters. The molecule has 6 heteroatoms. The number of ether oxygens (including phenoxy) is 2. The van der Waals surface area contributed by atoms with Crippen LogP contribution in [0, 0.1) is 18.3 Å². The van der Waals surface area contributed by atoms with Crippen LogP contribution in [0.2, 0.25) is 0 Å². The molecule has 3 aromatic rings.